The number of fused-ring (bicyclic) bond motifs is 1. The zero-order chi connectivity index (χ0) is 8.55. The molecule has 0 atom stereocenters. The molecule has 0 unspecified atom stereocenters. The van der Waals surface area contributed by atoms with Gasteiger partial charge in [0.25, 0.3) is 0 Å². The number of hydrogen-bond acceptors (Lipinski definition) is 3. The Morgan fingerprint density at radius 1 is 1.58 bits per heavy atom. The van der Waals surface area contributed by atoms with Crippen molar-refractivity contribution in [2.45, 2.75) is 6.42 Å². The van der Waals surface area contributed by atoms with Crippen LogP contribution in [0.5, 0.6) is 5.75 Å². The summed E-state index contributed by atoms with van der Waals surface area (Å²) in [6.07, 6.45) is 3.67. The average Bonchev–Trinajstić information content (AvgIpc) is 2.44. The molecule has 1 aromatic rings. The van der Waals surface area contributed by atoms with Gasteiger partial charge in [0.15, 0.2) is 5.75 Å². The number of methoxy groups -OCH3 is 1. The van der Waals surface area contributed by atoms with E-state index in [-0.39, 0.29) is 5.91 Å². The first-order valence-electron chi connectivity index (χ1n) is 3.62. The van der Waals surface area contributed by atoms with Gasteiger partial charge in [-0.05, 0) is 0 Å². The van der Waals surface area contributed by atoms with Crippen LogP contribution in [0.25, 0.3) is 0 Å². The van der Waals surface area contributed by atoms with Gasteiger partial charge >= 0.3 is 0 Å². The van der Waals surface area contributed by atoms with Gasteiger partial charge in [-0.3, -0.25) is 9.78 Å². The van der Waals surface area contributed by atoms with Crippen molar-refractivity contribution in [3.8, 4) is 5.75 Å². The fourth-order valence-corrected chi connectivity index (χ4v) is 1.27. The Morgan fingerprint density at radius 2 is 2.42 bits per heavy atom. The third-order valence-corrected chi connectivity index (χ3v) is 1.83. The van der Waals surface area contributed by atoms with Crippen LogP contribution in [0.1, 0.15) is 5.56 Å². The molecule has 0 aliphatic carbocycles. The minimum absolute atomic E-state index is 0.00343. The number of carbonyl (C=O) groups is 1. The first-order chi connectivity index (χ1) is 5.81. The van der Waals surface area contributed by atoms with Crippen molar-refractivity contribution in [1.29, 1.82) is 0 Å². The van der Waals surface area contributed by atoms with Crippen molar-refractivity contribution >= 4 is 11.6 Å². The quantitative estimate of drug-likeness (QED) is 0.660. The maximum Gasteiger partial charge on any atom is 0.229 e. The predicted molar refractivity (Wildman–Crippen MR) is 43.1 cm³/mol. The predicted octanol–water partition coefficient (Wildman–Crippen LogP) is 0.585. The lowest BCUT2D eigenvalue weighted by Crippen LogP contribution is -2.04. The molecule has 1 aromatic heterocycles. The summed E-state index contributed by atoms with van der Waals surface area (Å²) >= 11 is 0. The number of rotatable bonds is 1. The van der Waals surface area contributed by atoms with Crippen LogP contribution < -0.4 is 10.1 Å². The number of aromatic nitrogens is 1. The summed E-state index contributed by atoms with van der Waals surface area (Å²) in [4.78, 5) is 14.9. The Bertz CT molecular complexity index is 336. The van der Waals surface area contributed by atoms with Gasteiger partial charge in [-0.2, -0.15) is 0 Å². The summed E-state index contributed by atoms with van der Waals surface area (Å²) in [5.74, 6) is 0.620. The largest absolute Gasteiger partial charge is 0.493 e. The fourth-order valence-electron chi connectivity index (χ4n) is 1.27. The van der Waals surface area contributed by atoms with Gasteiger partial charge in [-0.1, -0.05) is 0 Å². The first kappa shape index (κ1) is 7.09. The number of nitrogens with one attached hydrogen (secondary N) is 1. The second-order valence-corrected chi connectivity index (χ2v) is 2.60. The van der Waals surface area contributed by atoms with Crippen LogP contribution in [0, 0.1) is 0 Å². The molecule has 0 fully saturated rings. The van der Waals surface area contributed by atoms with E-state index >= 15 is 0 Å². The molecular formula is C8H8N2O2. The molecule has 4 nitrogen and oxygen atoms in total. The highest BCUT2D eigenvalue weighted by molar-refractivity contribution is 6.00. The van der Waals surface area contributed by atoms with E-state index in [2.05, 4.69) is 10.3 Å². The van der Waals surface area contributed by atoms with Crippen LogP contribution >= 0.6 is 0 Å². The SMILES string of the molecule is COc1cncc2c1NC(=O)C2. The highest BCUT2D eigenvalue weighted by Crippen LogP contribution is 2.31. The van der Waals surface area contributed by atoms with E-state index in [9.17, 15) is 4.79 Å². The van der Waals surface area contributed by atoms with E-state index in [1.807, 2.05) is 0 Å². The number of anilines is 1. The van der Waals surface area contributed by atoms with Crippen molar-refractivity contribution in [3.05, 3.63) is 18.0 Å². The molecule has 1 amide bonds. The van der Waals surface area contributed by atoms with Gasteiger partial charge in [0.1, 0.15) is 0 Å². The van der Waals surface area contributed by atoms with Gasteiger partial charge < -0.3 is 10.1 Å². The Labute approximate surface area is 69.6 Å². The summed E-state index contributed by atoms with van der Waals surface area (Å²) in [5.41, 5.74) is 1.66. The second-order valence-electron chi connectivity index (χ2n) is 2.60. The Hall–Kier alpha value is -1.58. The first-order valence-corrected chi connectivity index (χ1v) is 3.62. The number of pyridine rings is 1. The summed E-state index contributed by atoms with van der Waals surface area (Å²) in [6.45, 7) is 0. The van der Waals surface area contributed by atoms with Gasteiger partial charge in [-0.25, -0.2) is 0 Å². The monoisotopic (exact) mass is 164 g/mol. The van der Waals surface area contributed by atoms with Gasteiger partial charge in [-0.15, -0.1) is 0 Å². The van der Waals surface area contributed by atoms with Crippen LogP contribution in [-0.2, 0) is 11.2 Å². The molecular weight excluding hydrogens is 156 g/mol. The van der Waals surface area contributed by atoms with Gasteiger partial charge in [0.05, 0.1) is 25.4 Å². The minimum atomic E-state index is -0.00343. The third-order valence-electron chi connectivity index (χ3n) is 1.83. The molecule has 1 aliphatic heterocycles. The second kappa shape index (κ2) is 2.48. The van der Waals surface area contributed by atoms with E-state index < -0.39 is 0 Å². The molecule has 1 N–H and O–H groups in total. The number of ether oxygens (including phenoxy) is 1. The summed E-state index contributed by atoms with van der Waals surface area (Å²) in [6, 6.07) is 0. The minimum Gasteiger partial charge on any atom is -0.493 e. The zero-order valence-corrected chi connectivity index (χ0v) is 6.63. The molecule has 62 valence electrons. The van der Waals surface area contributed by atoms with Crippen molar-refractivity contribution in [3.63, 3.8) is 0 Å². The Balaban J connectivity index is 2.51. The van der Waals surface area contributed by atoms with E-state index in [0.717, 1.165) is 11.3 Å². The lowest BCUT2D eigenvalue weighted by Gasteiger charge is -2.04. The molecule has 0 radical (unpaired) electrons. The molecule has 0 saturated carbocycles. The molecule has 2 heterocycles. The lowest BCUT2D eigenvalue weighted by atomic mass is 10.2. The molecule has 0 spiro atoms. The number of carbonyl (C=O) groups excluding carboxylic acids is 1. The lowest BCUT2D eigenvalue weighted by molar-refractivity contribution is -0.115. The van der Waals surface area contributed by atoms with Crippen molar-refractivity contribution in [2.75, 3.05) is 12.4 Å². The highest BCUT2D eigenvalue weighted by atomic mass is 16.5. The maximum atomic E-state index is 11.0. The maximum absolute atomic E-state index is 11.0. The van der Waals surface area contributed by atoms with Gasteiger partial charge in [0.2, 0.25) is 5.91 Å². The molecule has 4 heteroatoms. The summed E-state index contributed by atoms with van der Waals surface area (Å²) in [5, 5.41) is 2.71. The third kappa shape index (κ3) is 0.922. The molecule has 0 aromatic carbocycles. The fraction of sp³-hybridized carbons (Fsp3) is 0.250. The van der Waals surface area contributed by atoms with Crippen molar-refractivity contribution in [1.82, 2.24) is 4.98 Å². The highest BCUT2D eigenvalue weighted by Gasteiger charge is 2.21. The standard InChI is InChI=1S/C8H8N2O2/c1-12-6-4-9-3-5-2-7(11)10-8(5)6/h3-4H,2H2,1H3,(H,10,11). The normalized spacial score (nSPS) is 13.9. The molecule has 1 aliphatic rings. The van der Waals surface area contributed by atoms with Crippen LogP contribution in [0.3, 0.4) is 0 Å². The molecule has 2 rings (SSSR count). The average molecular weight is 164 g/mol. The topological polar surface area (TPSA) is 51.2 Å². The molecule has 0 bridgehead atoms. The van der Waals surface area contributed by atoms with Crippen LogP contribution in [0.2, 0.25) is 0 Å². The Kier molecular flexibility index (Phi) is 1.46. The number of nitrogens with zero attached hydrogens (tertiary/aromatic N) is 1. The summed E-state index contributed by atoms with van der Waals surface area (Å²) < 4.78 is 5.03. The summed E-state index contributed by atoms with van der Waals surface area (Å²) in [7, 11) is 1.56. The Morgan fingerprint density at radius 3 is 3.17 bits per heavy atom. The molecule has 0 saturated heterocycles. The van der Waals surface area contributed by atoms with Crippen LogP contribution in [-0.4, -0.2) is 18.0 Å². The van der Waals surface area contributed by atoms with Crippen molar-refractivity contribution in [2.24, 2.45) is 0 Å². The molecule has 12 heavy (non-hydrogen) atoms. The number of amides is 1. The van der Waals surface area contributed by atoms with Gasteiger partial charge in [0, 0.05) is 11.8 Å². The smallest absolute Gasteiger partial charge is 0.229 e. The number of hydrogen-bond donors (Lipinski definition) is 1. The van der Waals surface area contributed by atoms with Crippen molar-refractivity contribution < 1.29 is 9.53 Å². The van der Waals surface area contributed by atoms with E-state index in [1.54, 1.807) is 19.5 Å². The van der Waals surface area contributed by atoms with E-state index in [1.165, 1.54) is 0 Å². The van der Waals surface area contributed by atoms with E-state index in [0.29, 0.717) is 12.2 Å². The zero-order valence-electron chi connectivity index (χ0n) is 6.63. The van der Waals surface area contributed by atoms with Crippen LogP contribution in [0.15, 0.2) is 12.4 Å². The van der Waals surface area contributed by atoms with E-state index in [4.69, 9.17) is 4.74 Å². The van der Waals surface area contributed by atoms with Crippen LogP contribution in [0.4, 0.5) is 5.69 Å².